The van der Waals surface area contributed by atoms with E-state index in [1.54, 1.807) is 0 Å². The molecule has 0 radical (unpaired) electrons. The van der Waals surface area contributed by atoms with E-state index in [1.165, 1.54) is 29.2 Å². The van der Waals surface area contributed by atoms with Crippen molar-refractivity contribution in [2.45, 2.75) is 49.1 Å². The van der Waals surface area contributed by atoms with Crippen LogP contribution in [0.2, 0.25) is 5.02 Å². The predicted molar refractivity (Wildman–Crippen MR) is 123 cm³/mol. The number of sulfone groups is 1. The molecule has 34 heavy (non-hydrogen) atoms. The minimum Gasteiger partial charge on any atom is -0.347 e. The van der Waals surface area contributed by atoms with E-state index in [-0.39, 0.29) is 27.0 Å². The maximum Gasteiger partial charge on any atom is 0.254 e. The Balaban J connectivity index is 1.58. The number of nitrogens with zero attached hydrogens (tertiary/aromatic N) is 1. The first-order valence-corrected chi connectivity index (χ1v) is 13.4. The highest BCUT2D eigenvalue weighted by atomic mass is 35.5. The molecular weight excluding hydrogens is 486 g/mol. The summed E-state index contributed by atoms with van der Waals surface area (Å²) in [5.41, 5.74) is 0.208. The third kappa shape index (κ3) is 5.25. The van der Waals surface area contributed by atoms with Crippen molar-refractivity contribution < 1.29 is 26.8 Å². The lowest BCUT2D eigenvalue weighted by atomic mass is 9.97. The number of piperidine rings is 1. The molecule has 2 atom stereocenters. The molecule has 0 aromatic heterocycles. The van der Waals surface area contributed by atoms with Crippen molar-refractivity contribution in [3.05, 3.63) is 64.2 Å². The molecular formula is C24H25ClF2N2O4S. The summed E-state index contributed by atoms with van der Waals surface area (Å²) in [4.78, 5) is 28.0. The first-order valence-electron chi connectivity index (χ1n) is 11.1. The second-order valence-corrected chi connectivity index (χ2v) is 11.3. The molecule has 2 fully saturated rings. The van der Waals surface area contributed by atoms with Crippen LogP contribution in [-0.4, -0.2) is 44.0 Å². The zero-order valence-electron chi connectivity index (χ0n) is 18.6. The van der Waals surface area contributed by atoms with Gasteiger partial charge in [0.25, 0.3) is 5.91 Å². The van der Waals surface area contributed by atoms with Crippen LogP contribution < -0.4 is 5.32 Å². The smallest absolute Gasteiger partial charge is 0.254 e. The van der Waals surface area contributed by atoms with Crippen LogP contribution in [0.4, 0.5) is 8.78 Å². The van der Waals surface area contributed by atoms with E-state index in [2.05, 4.69) is 5.32 Å². The average Bonchev–Trinajstić information content (AvgIpc) is 3.64. The quantitative estimate of drug-likeness (QED) is 0.588. The van der Waals surface area contributed by atoms with E-state index < -0.39 is 45.4 Å². The molecule has 1 aliphatic heterocycles. The van der Waals surface area contributed by atoms with Gasteiger partial charge in [-0.2, -0.15) is 0 Å². The lowest BCUT2D eigenvalue weighted by molar-refractivity contribution is -0.127. The van der Waals surface area contributed by atoms with Gasteiger partial charge in [-0.1, -0.05) is 17.7 Å². The molecule has 10 heteroatoms. The first-order chi connectivity index (χ1) is 16.1. The Kier molecular flexibility index (Phi) is 6.96. The fourth-order valence-corrected chi connectivity index (χ4v) is 5.19. The second kappa shape index (κ2) is 9.62. The Morgan fingerprint density at radius 1 is 1.09 bits per heavy atom. The van der Waals surface area contributed by atoms with E-state index in [0.717, 1.165) is 37.7 Å². The molecule has 1 N–H and O–H groups in total. The van der Waals surface area contributed by atoms with Gasteiger partial charge in [0.05, 0.1) is 16.0 Å². The summed E-state index contributed by atoms with van der Waals surface area (Å²) in [7, 11) is -3.50. The molecule has 2 amide bonds. The number of carbonyl (C=O) groups excluding carboxylic acids is 2. The van der Waals surface area contributed by atoms with Crippen molar-refractivity contribution >= 4 is 33.3 Å². The Morgan fingerprint density at radius 2 is 1.82 bits per heavy atom. The van der Waals surface area contributed by atoms with Gasteiger partial charge in [-0.25, -0.2) is 17.2 Å². The molecule has 2 aromatic rings. The number of carbonyl (C=O) groups is 2. The highest BCUT2D eigenvalue weighted by molar-refractivity contribution is 7.90. The molecule has 1 heterocycles. The number of halogens is 3. The van der Waals surface area contributed by atoms with Crippen molar-refractivity contribution in [1.82, 2.24) is 10.2 Å². The third-order valence-corrected chi connectivity index (χ3v) is 7.74. The standard InChI is InChI=1S/C24H25ClF2N2O4S/c1-34(32,33)16-6-4-5-15(11-16)24(31)29-10-3-2-7-21(29)23(30)28-22(14-8-9-14)17-12-20(27)18(25)13-19(17)26/h4-6,11-14,21-22H,2-3,7-10H2,1H3,(H,28,30)/t21-,22?/m1/s1. The van der Waals surface area contributed by atoms with E-state index in [1.807, 2.05) is 0 Å². The van der Waals surface area contributed by atoms with Crippen LogP contribution in [-0.2, 0) is 14.6 Å². The molecule has 0 bridgehead atoms. The molecule has 182 valence electrons. The van der Waals surface area contributed by atoms with Gasteiger partial charge in [0, 0.05) is 23.9 Å². The highest BCUT2D eigenvalue weighted by Crippen LogP contribution is 2.42. The number of likely N-dealkylation sites (tertiary alicyclic amines) is 1. The minimum atomic E-state index is -3.50. The predicted octanol–water partition coefficient (Wildman–Crippen LogP) is 4.28. The monoisotopic (exact) mass is 510 g/mol. The summed E-state index contributed by atoms with van der Waals surface area (Å²) in [5.74, 6) is -2.38. The van der Waals surface area contributed by atoms with Crippen LogP contribution in [0.25, 0.3) is 0 Å². The Morgan fingerprint density at radius 3 is 2.50 bits per heavy atom. The molecule has 2 aromatic carbocycles. The van der Waals surface area contributed by atoms with Crippen LogP contribution in [0.3, 0.4) is 0 Å². The van der Waals surface area contributed by atoms with Crippen LogP contribution in [0, 0.1) is 17.6 Å². The lowest BCUT2D eigenvalue weighted by Crippen LogP contribution is -2.52. The van der Waals surface area contributed by atoms with E-state index in [9.17, 15) is 26.8 Å². The van der Waals surface area contributed by atoms with E-state index in [4.69, 9.17) is 11.6 Å². The fourth-order valence-electron chi connectivity index (χ4n) is 4.38. The summed E-state index contributed by atoms with van der Waals surface area (Å²) >= 11 is 5.68. The Hall–Kier alpha value is -2.52. The zero-order valence-corrected chi connectivity index (χ0v) is 20.1. The van der Waals surface area contributed by atoms with Crippen molar-refractivity contribution in [1.29, 1.82) is 0 Å². The Bertz CT molecular complexity index is 1230. The Labute approximate surface area is 202 Å². The maximum absolute atomic E-state index is 14.6. The summed E-state index contributed by atoms with van der Waals surface area (Å²) < 4.78 is 52.5. The third-order valence-electron chi connectivity index (χ3n) is 6.34. The molecule has 1 aliphatic carbocycles. The van der Waals surface area contributed by atoms with Crippen LogP contribution in [0.5, 0.6) is 0 Å². The molecule has 1 saturated carbocycles. The summed E-state index contributed by atoms with van der Waals surface area (Å²) in [5, 5.41) is 2.51. The lowest BCUT2D eigenvalue weighted by Gasteiger charge is -2.36. The van der Waals surface area contributed by atoms with Gasteiger partial charge in [0.1, 0.15) is 17.7 Å². The average molecular weight is 511 g/mol. The van der Waals surface area contributed by atoms with E-state index >= 15 is 0 Å². The first kappa shape index (κ1) is 24.6. The van der Waals surface area contributed by atoms with Crippen molar-refractivity contribution in [3.63, 3.8) is 0 Å². The van der Waals surface area contributed by atoms with Gasteiger partial charge in [-0.15, -0.1) is 0 Å². The largest absolute Gasteiger partial charge is 0.347 e. The topological polar surface area (TPSA) is 83.6 Å². The summed E-state index contributed by atoms with van der Waals surface area (Å²) in [6.45, 7) is 0.331. The normalized spacial score (nSPS) is 19.5. The fraction of sp³-hybridized carbons (Fsp3) is 0.417. The SMILES string of the molecule is CS(=O)(=O)c1cccc(C(=O)N2CCCC[C@@H]2C(=O)NC(c2cc(F)c(Cl)cc2F)C2CC2)c1. The molecule has 1 unspecified atom stereocenters. The van der Waals surface area contributed by atoms with Gasteiger partial charge in [-0.3, -0.25) is 9.59 Å². The van der Waals surface area contributed by atoms with Gasteiger partial charge >= 0.3 is 0 Å². The molecule has 1 saturated heterocycles. The van der Waals surface area contributed by atoms with Crippen molar-refractivity contribution in [3.8, 4) is 0 Å². The van der Waals surface area contributed by atoms with Crippen LogP contribution in [0.1, 0.15) is 54.1 Å². The molecule has 0 spiro atoms. The number of benzene rings is 2. The molecule has 4 rings (SSSR count). The highest BCUT2D eigenvalue weighted by Gasteiger charge is 2.39. The van der Waals surface area contributed by atoms with Gasteiger partial charge in [-0.05, 0) is 68.4 Å². The van der Waals surface area contributed by atoms with Gasteiger partial charge in [0.2, 0.25) is 5.91 Å². The van der Waals surface area contributed by atoms with Crippen LogP contribution in [0.15, 0.2) is 41.3 Å². The van der Waals surface area contributed by atoms with Crippen molar-refractivity contribution in [2.24, 2.45) is 5.92 Å². The maximum atomic E-state index is 14.6. The van der Waals surface area contributed by atoms with Gasteiger partial charge < -0.3 is 10.2 Å². The molecule has 2 aliphatic rings. The number of hydrogen-bond acceptors (Lipinski definition) is 4. The summed E-state index contributed by atoms with van der Waals surface area (Å²) in [6, 6.07) is 6.10. The number of nitrogens with one attached hydrogen (secondary N) is 1. The summed E-state index contributed by atoms with van der Waals surface area (Å²) in [6.07, 6.45) is 4.43. The second-order valence-electron chi connectivity index (χ2n) is 8.92. The van der Waals surface area contributed by atoms with E-state index in [0.29, 0.717) is 19.4 Å². The minimum absolute atomic E-state index is 0.0189. The molecule has 6 nitrogen and oxygen atoms in total. The number of hydrogen-bond donors (Lipinski definition) is 1. The zero-order chi connectivity index (χ0) is 24.6. The van der Waals surface area contributed by atoms with Crippen LogP contribution >= 0.6 is 11.6 Å². The number of amides is 2. The van der Waals surface area contributed by atoms with Gasteiger partial charge in [0.15, 0.2) is 9.84 Å². The van der Waals surface area contributed by atoms with Crippen molar-refractivity contribution in [2.75, 3.05) is 12.8 Å². The number of rotatable bonds is 6.